The molecule has 0 atom stereocenters. The molecule has 0 aromatic heterocycles. The molecule has 1 heteroatoms. The van der Waals surface area contributed by atoms with E-state index in [0.29, 0.717) is 0 Å². The van der Waals surface area contributed by atoms with E-state index in [4.69, 9.17) is 4.99 Å². The van der Waals surface area contributed by atoms with E-state index < -0.39 is 0 Å². The quantitative estimate of drug-likeness (QED) is 0.450. The SMILES string of the molecule is Cc1cccc(C)c1N=C1C(c2ccccc2)=C2CCCC2=C1c1ccccc1. The first-order valence-corrected chi connectivity index (χ1v) is 10.5. The number of nitrogens with zero attached hydrogens (tertiary/aromatic N) is 1. The summed E-state index contributed by atoms with van der Waals surface area (Å²) in [6, 6.07) is 28.1. The third-order valence-corrected chi connectivity index (χ3v) is 6.08. The summed E-state index contributed by atoms with van der Waals surface area (Å²) in [5.41, 5.74) is 12.9. The molecule has 0 aliphatic heterocycles. The highest BCUT2D eigenvalue weighted by molar-refractivity contribution is 6.50. The molecular weight excluding hydrogens is 350 g/mol. The summed E-state index contributed by atoms with van der Waals surface area (Å²) in [4.78, 5) is 5.36. The minimum Gasteiger partial charge on any atom is -0.247 e. The molecule has 0 spiro atoms. The van der Waals surface area contributed by atoms with E-state index in [1.54, 1.807) is 0 Å². The highest BCUT2D eigenvalue weighted by Gasteiger charge is 2.34. The standard InChI is InChI=1S/C28H25N/c1-19-11-9-12-20(2)27(19)29-28-25(21-13-5-3-6-14-21)23-17-10-18-24(23)26(28)22-15-7-4-8-16-22/h3-9,11-16H,10,17-18H2,1-2H3. The fourth-order valence-electron chi connectivity index (χ4n) is 4.74. The molecule has 0 bridgehead atoms. The number of benzene rings is 3. The van der Waals surface area contributed by atoms with Gasteiger partial charge in [-0.05, 0) is 66.5 Å². The van der Waals surface area contributed by atoms with Crippen molar-refractivity contribution in [2.45, 2.75) is 33.1 Å². The largest absolute Gasteiger partial charge is 0.247 e. The van der Waals surface area contributed by atoms with Crippen molar-refractivity contribution in [3.63, 3.8) is 0 Å². The van der Waals surface area contributed by atoms with Crippen LogP contribution in [0.25, 0.3) is 11.1 Å². The lowest BCUT2D eigenvalue weighted by atomic mass is 9.94. The van der Waals surface area contributed by atoms with E-state index in [1.807, 2.05) is 0 Å². The molecule has 0 heterocycles. The van der Waals surface area contributed by atoms with Crippen LogP contribution in [0.1, 0.15) is 41.5 Å². The zero-order valence-corrected chi connectivity index (χ0v) is 17.1. The highest BCUT2D eigenvalue weighted by atomic mass is 14.8. The van der Waals surface area contributed by atoms with E-state index >= 15 is 0 Å². The van der Waals surface area contributed by atoms with E-state index in [1.165, 1.54) is 51.0 Å². The van der Waals surface area contributed by atoms with Crippen LogP contribution < -0.4 is 0 Å². The number of para-hydroxylation sites is 1. The summed E-state index contributed by atoms with van der Waals surface area (Å²) in [6.45, 7) is 4.32. The van der Waals surface area contributed by atoms with Crippen molar-refractivity contribution in [1.29, 1.82) is 0 Å². The first-order chi connectivity index (χ1) is 14.2. The fourth-order valence-corrected chi connectivity index (χ4v) is 4.74. The van der Waals surface area contributed by atoms with Gasteiger partial charge in [0.1, 0.15) is 0 Å². The summed E-state index contributed by atoms with van der Waals surface area (Å²) < 4.78 is 0. The minimum absolute atomic E-state index is 1.10. The van der Waals surface area contributed by atoms with Gasteiger partial charge in [0.2, 0.25) is 0 Å². The Morgan fingerprint density at radius 1 is 0.586 bits per heavy atom. The Bertz CT molecular complexity index is 1080. The van der Waals surface area contributed by atoms with Gasteiger partial charge < -0.3 is 0 Å². The molecule has 3 aromatic carbocycles. The number of aryl methyl sites for hydroxylation is 2. The van der Waals surface area contributed by atoms with Crippen LogP contribution in [0.15, 0.2) is 95.0 Å². The van der Waals surface area contributed by atoms with Gasteiger partial charge in [0.05, 0.1) is 11.4 Å². The number of hydrogen-bond acceptors (Lipinski definition) is 1. The van der Waals surface area contributed by atoms with Crippen LogP contribution in [0.4, 0.5) is 5.69 Å². The van der Waals surface area contributed by atoms with Crippen molar-refractivity contribution in [2.24, 2.45) is 4.99 Å². The number of fused-ring (bicyclic) bond motifs is 1. The Labute approximate surface area is 173 Å². The van der Waals surface area contributed by atoms with Gasteiger partial charge in [0.25, 0.3) is 0 Å². The van der Waals surface area contributed by atoms with Gasteiger partial charge in [-0.3, -0.25) is 0 Å². The lowest BCUT2D eigenvalue weighted by Gasteiger charge is -2.14. The molecule has 3 aromatic rings. The monoisotopic (exact) mass is 375 g/mol. The number of rotatable bonds is 3. The lowest BCUT2D eigenvalue weighted by Crippen LogP contribution is -2.04. The molecule has 5 rings (SSSR count). The van der Waals surface area contributed by atoms with E-state index in [-0.39, 0.29) is 0 Å². The molecular formula is C28H25N. The Kier molecular flexibility index (Phi) is 4.52. The summed E-state index contributed by atoms with van der Waals surface area (Å²) in [5.74, 6) is 0. The van der Waals surface area contributed by atoms with Crippen LogP contribution in [0, 0.1) is 13.8 Å². The molecule has 1 nitrogen and oxygen atoms in total. The molecule has 0 saturated heterocycles. The zero-order valence-electron chi connectivity index (χ0n) is 17.1. The van der Waals surface area contributed by atoms with Gasteiger partial charge in [-0.25, -0.2) is 4.99 Å². The Morgan fingerprint density at radius 3 is 1.55 bits per heavy atom. The van der Waals surface area contributed by atoms with Gasteiger partial charge in [0.15, 0.2) is 0 Å². The third-order valence-electron chi connectivity index (χ3n) is 6.08. The Balaban J connectivity index is 1.80. The molecule has 0 unspecified atom stereocenters. The molecule has 2 aliphatic carbocycles. The first kappa shape index (κ1) is 17.9. The molecule has 0 amide bonds. The van der Waals surface area contributed by atoms with Gasteiger partial charge in [-0.15, -0.1) is 0 Å². The minimum atomic E-state index is 1.10. The van der Waals surface area contributed by atoms with E-state index in [2.05, 4.69) is 92.7 Å². The van der Waals surface area contributed by atoms with Crippen LogP contribution in [0.2, 0.25) is 0 Å². The van der Waals surface area contributed by atoms with Crippen molar-refractivity contribution in [3.8, 4) is 0 Å². The second-order valence-corrected chi connectivity index (χ2v) is 7.99. The maximum atomic E-state index is 5.36. The molecule has 0 N–H and O–H groups in total. The number of aliphatic imine (C=N–C) groups is 1. The second kappa shape index (κ2) is 7.33. The lowest BCUT2D eigenvalue weighted by molar-refractivity contribution is 0.933. The maximum absolute atomic E-state index is 5.36. The molecule has 29 heavy (non-hydrogen) atoms. The van der Waals surface area contributed by atoms with Crippen LogP contribution in [-0.4, -0.2) is 5.71 Å². The summed E-state index contributed by atoms with van der Waals surface area (Å²) in [6.07, 6.45) is 3.51. The fraction of sp³-hybridized carbons (Fsp3) is 0.179. The molecule has 142 valence electrons. The summed E-state index contributed by atoms with van der Waals surface area (Å²) in [7, 11) is 0. The van der Waals surface area contributed by atoms with Crippen LogP contribution in [0.3, 0.4) is 0 Å². The first-order valence-electron chi connectivity index (χ1n) is 10.5. The van der Waals surface area contributed by atoms with Crippen molar-refractivity contribution in [2.75, 3.05) is 0 Å². The number of allylic oxidation sites excluding steroid dienone is 4. The smallest absolute Gasteiger partial charge is 0.0799 e. The zero-order chi connectivity index (χ0) is 19.8. The molecule has 1 fully saturated rings. The van der Waals surface area contributed by atoms with E-state index in [9.17, 15) is 0 Å². The Morgan fingerprint density at radius 2 is 1.07 bits per heavy atom. The van der Waals surface area contributed by atoms with Gasteiger partial charge in [0, 0.05) is 11.1 Å². The molecule has 1 saturated carbocycles. The Hall–Kier alpha value is -3.19. The number of hydrogen-bond donors (Lipinski definition) is 0. The van der Waals surface area contributed by atoms with Crippen LogP contribution in [-0.2, 0) is 0 Å². The van der Waals surface area contributed by atoms with Crippen LogP contribution >= 0.6 is 0 Å². The predicted octanol–water partition coefficient (Wildman–Crippen LogP) is 7.48. The normalized spacial score (nSPS) is 15.9. The average molecular weight is 376 g/mol. The van der Waals surface area contributed by atoms with Gasteiger partial charge in [-0.2, -0.15) is 0 Å². The predicted molar refractivity (Wildman–Crippen MR) is 124 cm³/mol. The topological polar surface area (TPSA) is 12.4 Å². The maximum Gasteiger partial charge on any atom is 0.0799 e. The van der Waals surface area contributed by atoms with Crippen molar-refractivity contribution in [3.05, 3.63) is 112 Å². The van der Waals surface area contributed by atoms with Crippen molar-refractivity contribution < 1.29 is 0 Å². The van der Waals surface area contributed by atoms with E-state index in [0.717, 1.165) is 24.2 Å². The molecule has 0 radical (unpaired) electrons. The van der Waals surface area contributed by atoms with Gasteiger partial charge >= 0.3 is 0 Å². The van der Waals surface area contributed by atoms with Crippen molar-refractivity contribution in [1.82, 2.24) is 0 Å². The second-order valence-electron chi connectivity index (χ2n) is 7.99. The summed E-state index contributed by atoms with van der Waals surface area (Å²) in [5, 5.41) is 0. The average Bonchev–Trinajstić information content (AvgIpc) is 3.32. The molecule has 2 aliphatic rings. The summed E-state index contributed by atoms with van der Waals surface area (Å²) >= 11 is 0. The van der Waals surface area contributed by atoms with Crippen molar-refractivity contribution >= 4 is 22.5 Å². The van der Waals surface area contributed by atoms with Crippen LogP contribution in [0.5, 0.6) is 0 Å². The third kappa shape index (κ3) is 3.07. The highest BCUT2D eigenvalue weighted by Crippen LogP contribution is 2.49. The van der Waals surface area contributed by atoms with Gasteiger partial charge in [-0.1, -0.05) is 78.9 Å².